The fraction of sp³-hybridized carbons (Fsp3) is 0.464. The Balaban J connectivity index is 1.65. The van der Waals surface area contributed by atoms with Gasteiger partial charge in [-0.2, -0.15) is 0 Å². The van der Waals surface area contributed by atoms with E-state index in [1.54, 1.807) is 25.7 Å². The summed E-state index contributed by atoms with van der Waals surface area (Å²) in [6, 6.07) is 15.4. The molecule has 198 valence electrons. The molecule has 0 bridgehead atoms. The lowest BCUT2D eigenvalue weighted by Crippen LogP contribution is -2.61. The first-order chi connectivity index (χ1) is 17.5. The lowest BCUT2D eigenvalue weighted by Gasteiger charge is -2.43. The molecule has 2 aliphatic rings. The first-order valence-corrected chi connectivity index (χ1v) is 13.0. The number of guanidine groups is 1. The summed E-state index contributed by atoms with van der Waals surface area (Å²) in [4.78, 5) is 32.1. The number of rotatable bonds is 5. The van der Waals surface area contributed by atoms with E-state index in [-0.39, 0.29) is 24.2 Å². The number of nitrogens with one attached hydrogen (secondary N) is 2. The maximum absolute atomic E-state index is 13.6. The van der Waals surface area contributed by atoms with Crippen LogP contribution in [0.25, 0.3) is 0 Å². The molecule has 0 radical (unpaired) electrons. The zero-order valence-electron chi connectivity index (χ0n) is 21.8. The highest BCUT2D eigenvalue weighted by atomic mass is 35.5. The van der Waals surface area contributed by atoms with Crippen molar-refractivity contribution in [3.63, 3.8) is 0 Å². The van der Waals surface area contributed by atoms with Crippen LogP contribution in [0.15, 0.2) is 53.5 Å². The lowest BCUT2D eigenvalue weighted by atomic mass is 9.85. The summed E-state index contributed by atoms with van der Waals surface area (Å²) in [5.74, 6) is 0.305. The smallest absolute Gasteiger partial charge is 0.437 e. The molecule has 2 amide bonds. The highest BCUT2D eigenvalue weighted by Gasteiger charge is 2.42. The number of hydrogen-bond acceptors (Lipinski definition) is 5. The molecule has 9 heteroatoms. The van der Waals surface area contributed by atoms with Gasteiger partial charge in [-0.05, 0) is 70.2 Å². The minimum Gasteiger partial charge on any atom is -0.442 e. The number of para-hydroxylation sites is 1. The van der Waals surface area contributed by atoms with Gasteiger partial charge in [0.05, 0.1) is 22.7 Å². The van der Waals surface area contributed by atoms with Gasteiger partial charge in [-0.25, -0.2) is 4.79 Å². The van der Waals surface area contributed by atoms with Crippen LogP contribution in [0.2, 0.25) is 5.02 Å². The molecule has 2 fully saturated rings. The third-order valence-corrected chi connectivity index (χ3v) is 6.87. The van der Waals surface area contributed by atoms with E-state index in [0.29, 0.717) is 24.8 Å². The predicted molar refractivity (Wildman–Crippen MR) is 145 cm³/mol. The minimum atomic E-state index is -0.893. The van der Waals surface area contributed by atoms with Gasteiger partial charge < -0.3 is 20.1 Å². The topological polar surface area (TPSA) is 92.3 Å². The van der Waals surface area contributed by atoms with Crippen LogP contribution in [0.4, 0.5) is 16.2 Å². The van der Waals surface area contributed by atoms with Crippen LogP contribution >= 0.6 is 11.6 Å². The van der Waals surface area contributed by atoms with Gasteiger partial charge in [0.15, 0.2) is 0 Å². The summed E-state index contributed by atoms with van der Waals surface area (Å²) in [6.45, 7) is 9.00. The largest absolute Gasteiger partial charge is 0.442 e. The molecule has 0 spiro atoms. The summed E-state index contributed by atoms with van der Waals surface area (Å²) in [5, 5.41) is 7.21. The lowest BCUT2D eigenvalue weighted by molar-refractivity contribution is -0.131. The number of anilines is 2. The Morgan fingerprint density at radius 1 is 1.19 bits per heavy atom. The summed E-state index contributed by atoms with van der Waals surface area (Å²) in [7, 11) is 0. The molecule has 0 aromatic heterocycles. The molecule has 0 aliphatic carbocycles. The zero-order valence-corrected chi connectivity index (χ0v) is 22.6. The van der Waals surface area contributed by atoms with Gasteiger partial charge in [0.25, 0.3) is 0 Å². The monoisotopic (exact) mass is 526 g/mol. The molecule has 2 saturated heterocycles. The number of carbonyl (C=O) groups excluding carboxylic acids is 2. The van der Waals surface area contributed by atoms with E-state index in [1.165, 1.54) is 0 Å². The van der Waals surface area contributed by atoms with Crippen molar-refractivity contribution in [1.29, 1.82) is 0 Å². The van der Waals surface area contributed by atoms with Crippen molar-refractivity contribution in [1.82, 2.24) is 10.2 Å². The first kappa shape index (κ1) is 26.9. The van der Waals surface area contributed by atoms with Gasteiger partial charge in [-0.15, -0.1) is 4.99 Å². The molecule has 8 nitrogen and oxygen atoms in total. The number of hydrogen-bond donors (Lipinski definition) is 2. The normalized spacial score (nSPS) is 22.0. The fourth-order valence-electron chi connectivity index (χ4n) is 4.60. The Hall–Kier alpha value is -3.10. The van der Waals surface area contributed by atoms with Crippen molar-refractivity contribution in [2.75, 3.05) is 25.1 Å². The molecule has 2 heterocycles. The number of ether oxygens (including phenoxy) is 2. The van der Waals surface area contributed by atoms with Gasteiger partial charge in [-0.1, -0.05) is 41.9 Å². The van der Waals surface area contributed by atoms with Crippen LogP contribution in [0.1, 0.15) is 52.5 Å². The zero-order chi connectivity index (χ0) is 26.6. The molecule has 2 aromatic rings. The quantitative estimate of drug-likeness (QED) is 0.508. The summed E-state index contributed by atoms with van der Waals surface area (Å²) in [5.41, 5.74) is 0.738. The SMILES string of the molecule is CC(C)(C)OC(=O)N=C1N[C@](C)(c2cccc(Nc3ccccc3)c2Cl)CC(=O)N1CC1CCOCC1. The Labute approximate surface area is 223 Å². The first-order valence-electron chi connectivity index (χ1n) is 12.6. The number of halogens is 1. The Kier molecular flexibility index (Phi) is 8.09. The molecule has 37 heavy (non-hydrogen) atoms. The van der Waals surface area contributed by atoms with Gasteiger partial charge >= 0.3 is 6.09 Å². The molecule has 1 atom stereocenters. The van der Waals surface area contributed by atoms with Crippen molar-refractivity contribution >= 4 is 40.9 Å². The molecule has 2 aliphatic heterocycles. The average molecular weight is 527 g/mol. The highest BCUT2D eigenvalue weighted by molar-refractivity contribution is 6.34. The van der Waals surface area contributed by atoms with Crippen molar-refractivity contribution in [2.45, 2.75) is 58.1 Å². The van der Waals surface area contributed by atoms with Crippen LogP contribution in [-0.4, -0.2) is 48.2 Å². The van der Waals surface area contributed by atoms with Crippen LogP contribution < -0.4 is 10.6 Å². The molecule has 2 N–H and O–H groups in total. The van der Waals surface area contributed by atoms with Gasteiger partial charge in [0.1, 0.15) is 5.60 Å². The molecular formula is C28H35ClN4O4. The summed E-state index contributed by atoms with van der Waals surface area (Å²) >= 11 is 6.89. The van der Waals surface area contributed by atoms with E-state index >= 15 is 0 Å². The number of nitrogens with zero attached hydrogens (tertiary/aromatic N) is 2. The fourth-order valence-corrected chi connectivity index (χ4v) is 4.99. The maximum Gasteiger partial charge on any atom is 0.437 e. The molecular weight excluding hydrogens is 492 g/mol. The third kappa shape index (κ3) is 6.81. The minimum absolute atomic E-state index is 0.132. The second kappa shape index (κ2) is 11.1. The Morgan fingerprint density at radius 2 is 1.89 bits per heavy atom. The molecule has 0 saturated carbocycles. The van der Waals surface area contributed by atoms with Gasteiger partial charge in [0.2, 0.25) is 11.9 Å². The second-order valence-corrected chi connectivity index (χ2v) is 11.1. The summed E-state index contributed by atoms with van der Waals surface area (Å²) < 4.78 is 10.9. The van der Waals surface area contributed by atoms with E-state index in [1.807, 2.05) is 55.5 Å². The van der Waals surface area contributed by atoms with Crippen molar-refractivity contribution in [3.05, 3.63) is 59.1 Å². The number of carbonyl (C=O) groups is 2. The van der Waals surface area contributed by atoms with Crippen molar-refractivity contribution in [2.24, 2.45) is 10.9 Å². The Bertz CT molecular complexity index is 1160. The van der Waals surface area contributed by atoms with Crippen LogP contribution in [0, 0.1) is 5.92 Å². The molecule has 4 rings (SSSR count). The number of amides is 2. The second-order valence-electron chi connectivity index (χ2n) is 10.8. The highest BCUT2D eigenvalue weighted by Crippen LogP contribution is 2.39. The molecule has 2 aromatic carbocycles. The van der Waals surface area contributed by atoms with E-state index in [4.69, 9.17) is 21.1 Å². The number of aliphatic imine (C=N–C) groups is 1. The maximum atomic E-state index is 13.6. The van der Waals surface area contributed by atoms with Crippen molar-refractivity contribution in [3.8, 4) is 0 Å². The van der Waals surface area contributed by atoms with E-state index in [9.17, 15) is 9.59 Å². The average Bonchev–Trinajstić information content (AvgIpc) is 2.83. The van der Waals surface area contributed by atoms with E-state index in [0.717, 1.165) is 29.8 Å². The van der Waals surface area contributed by atoms with Gasteiger partial charge in [-0.3, -0.25) is 9.69 Å². The standard InChI is InChI=1S/C28H35ClN4O4/c1-27(2,3)37-26(35)31-25-32-28(4,17-23(34)33(25)18-19-13-15-36-16-14-19)21-11-8-12-22(24(21)29)30-20-9-6-5-7-10-20/h5-12,19,30H,13-18H2,1-4H3,(H,31,32,35)/t28-/m0/s1. The van der Waals surface area contributed by atoms with Gasteiger partial charge in [0, 0.05) is 25.4 Å². The van der Waals surface area contributed by atoms with Crippen LogP contribution in [0.3, 0.4) is 0 Å². The van der Waals surface area contributed by atoms with Crippen LogP contribution in [0.5, 0.6) is 0 Å². The van der Waals surface area contributed by atoms with E-state index in [2.05, 4.69) is 15.6 Å². The van der Waals surface area contributed by atoms with Crippen molar-refractivity contribution < 1.29 is 19.1 Å². The predicted octanol–water partition coefficient (Wildman–Crippen LogP) is 5.84. The van der Waals surface area contributed by atoms with E-state index < -0.39 is 17.2 Å². The Morgan fingerprint density at radius 3 is 2.57 bits per heavy atom. The molecule has 0 unspecified atom stereocenters. The number of benzene rings is 2. The summed E-state index contributed by atoms with van der Waals surface area (Å²) in [6.07, 6.45) is 1.09. The third-order valence-electron chi connectivity index (χ3n) is 6.47. The van der Waals surface area contributed by atoms with Crippen LogP contribution in [-0.2, 0) is 19.8 Å².